The lowest BCUT2D eigenvalue weighted by atomic mass is 10.1. The van der Waals surface area contributed by atoms with Gasteiger partial charge < -0.3 is 9.80 Å². The lowest BCUT2D eigenvalue weighted by molar-refractivity contribution is 0.0746. The predicted octanol–water partition coefficient (Wildman–Crippen LogP) is 2.55. The molecule has 2 heterocycles. The maximum absolute atomic E-state index is 13.0. The summed E-state index contributed by atoms with van der Waals surface area (Å²) in [4.78, 5) is 17.3. The van der Waals surface area contributed by atoms with Crippen molar-refractivity contribution in [2.75, 3.05) is 31.1 Å². The van der Waals surface area contributed by atoms with E-state index in [-0.39, 0.29) is 5.91 Å². The van der Waals surface area contributed by atoms with Crippen LogP contribution in [0.1, 0.15) is 27.0 Å². The van der Waals surface area contributed by atoms with Crippen molar-refractivity contribution in [2.24, 2.45) is 0 Å². The molecule has 1 fully saturated rings. The summed E-state index contributed by atoms with van der Waals surface area (Å²) in [6.45, 7) is 9.40. The molecule has 4 rings (SSSR count). The molecule has 3 aromatic rings. The fraction of sp³-hybridized carbons (Fsp3) is 0.333. The third-order valence-corrected chi connectivity index (χ3v) is 5.52. The molecule has 28 heavy (non-hydrogen) atoms. The van der Waals surface area contributed by atoms with Gasteiger partial charge in [0.1, 0.15) is 6.33 Å². The van der Waals surface area contributed by atoms with E-state index in [1.54, 1.807) is 11.0 Å². The van der Waals surface area contributed by atoms with Gasteiger partial charge in [-0.25, -0.2) is 4.68 Å². The van der Waals surface area contributed by atoms with Crippen LogP contribution in [0.2, 0.25) is 0 Å². The van der Waals surface area contributed by atoms with Crippen LogP contribution in [0, 0.1) is 20.8 Å². The topological polar surface area (TPSA) is 67.2 Å². The highest BCUT2D eigenvalue weighted by molar-refractivity contribution is 5.95. The number of rotatable bonds is 3. The molecule has 1 aromatic heterocycles. The number of carbonyl (C=O) groups is 1. The van der Waals surface area contributed by atoms with Crippen LogP contribution in [0.4, 0.5) is 5.69 Å². The maximum Gasteiger partial charge on any atom is 0.253 e. The van der Waals surface area contributed by atoms with Gasteiger partial charge in [-0.3, -0.25) is 4.79 Å². The lowest BCUT2D eigenvalue weighted by Crippen LogP contribution is -2.49. The molecule has 144 valence electrons. The number of anilines is 1. The van der Waals surface area contributed by atoms with Gasteiger partial charge in [0.25, 0.3) is 5.91 Å². The van der Waals surface area contributed by atoms with E-state index in [9.17, 15) is 4.79 Å². The van der Waals surface area contributed by atoms with Gasteiger partial charge >= 0.3 is 0 Å². The van der Waals surface area contributed by atoms with Crippen molar-refractivity contribution < 1.29 is 4.79 Å². The van der Waals surface area contributed by atoms with Crippen molar-refractivity contribution in [3.05, 3.63) is 65.0 Å². The Balaban J connectivity index is 1.45. The molecule has 2 aromatic carbocycles. The third kappa shape index (κ3) is 3.35. The third-order valence-electron chi connectivity index (χ3n) is 5.52. The molecule has 0 unspecified atom stereocenters. The van der Waals surface area contributed by atoms with Crippen LogP contribution in [0.5, 0.6) is 0 Å². The van der Waals surface area contributed by atoms with E-state index in [4.69, 9.17) is 0 Å². The highest BCUT2D eigenvalue weighted by Crippen LogP contribution is 2.24. The van der Waals surface area contributed by atoms with E-state index in [2.05, 4.69) is 52.5 Å². The first-order valence-corrected chi connectivity index (χ1v) is 9.49. The molecular formula is C21H24N6O. The Bertz CT molecular complexity index is 990. The smallest absolute Gasteiger partial charge is 0.253 e. The first kappa shape index (κ1) is 18.2. The molecule has 0 saturated carbocycles. The summed E-state index contributed by atoms with van der Waals surface area (Å²) in [6.07, 6.45) is 1.55. The van der Waals surface area contributed by atoms with Crippen molar-refractivity contribution >= 4 is 11.6 Å². The zero-order valence-corrected chi connectivity index (χ0v) is 16.5. The fourth-order valence-electron chi connectivity index (χ4n) is 3.73. The van der Waals surface area contributed by atoms with E-state index >= 15 is 0 Å². The summed E-state index contributed by atoms with van der Waals surface area (Å²) in [5, 5.41) is 11.3. The summed E-state index contributed by atoms with van der Waals surface area (Å²) in [6, 6.07) is 12.1. The molecule has 7 nitrogen and oxygen atoms in total. The number of carbonyl (C=O) groups excluding carboxylic acids is 1. The van der Waals surface area contributed by atoms with Gasteiger partial charge in [0.05, 0.1) is 5.69 Å². The summed E-state index contributed by atoms with van der Waals surface area (Å²) in [5.41, 5.74) is 6.43. The number of hydrogen-bond acceptors (Lipinski definition) is 5. The summed E-state index contributed by atoms with van der Waals surface area (Å²) in [7, 11) is 0. The average molecular weight is 376 g/mol. The van der Waals surface area contributed by atoms with E-state index in [0.717, 1.165) is 37.4 Å². The molecule has 0 bridgehead atoms. The predicted molar refractivity (Wildman–Crippen MR) is 108 cm³/mol. The Labute approximate surface area is 164 Å². The minimum absolute atomic E-state index is 0.0759. The standard InChI is InChI=1S/C21H24N6O/c1-15-5-4-6-20(17(15)3)25-9-11-26(12-10-25)21(28)18-7-8-19(16(2)13-18)27-14-22-23-24-27/h4-8,13-14H,9-12H2,1-3H3. The molecule has 0 spiro atoms. The Morgan fingerprint density at radius 3 is 2.39 bits per heavy atom. The van der Waals surface area contributed by atoms with Crippen LogP contribution in [0.15, 0.2) is 42.7 Å². The molecule has 0 atom stereocenters. The Hall–Kier alpha value is -3.22. The summed E-state index contributed by atoms with van der Waals surface area (Å²) >= 11 is 0. The molecule has 7 heteroatoms. The van der Waals surface area contributed by atoms with E-state index in [1.165, 1.54) is 16.8 Å². The van der Waals surface area contributed by atoms with Crippen molar-refractivity contribution in [1.29, 1.82) is 0 Å². The number of nitrogens with zero attached hydrogens (tertiary/aromatic N) is 6. The number of aromatic nitrogens is 4. The van der Waals surface area contributed by atoms with Gasteiger partial charge in [-0.2, -0.15) is 0 Å². The summed E-state index contributed by atoms with van der Waals surface area (Å²) < 4.78 is 1.60. The van der Waals surface area contributed by atoms with Gasteiger partial charge in [-0.15, -0.1) is 5.10 Å². The van der Waals surface area contributed by atoms with Gasteiger partial charge in [-0.05, 0) is 72.2 Å². The van der Waals surface area contributed by atoms with Crippen molar-refractivity contribution in [2.45, 2.75) is 20.8 Å². The average Bonchev–Trinajstić information content (AvgIpc) is 3.24. The van der Waals surface area contributed by atoms with Crippen LogP contribution < -0.4 is 4.90 Å². The largest absolute Gasteiger partial charge is 0.368 e. The van der Waals surface area contributed by atoms with Gasteiger partial charge in [0, 0.05) is 37.4 Å². The molecule has 1 aliphatic rings. The molecule has 0 N–H and O–H groups in total. The molecule has 1 saturated heterocycles. The zero-order valence-electron chi connectivity index (χ0n) is 16.5. The second-order valence-electron chi connectivity index (χ2n) is 7.25. The van der Waals surface area contributed by atoms with Gasteiger partial charge in [-0.1, -0.05) is 12.1 Å². The molecular weight excluding hydrogens is 352 g/mol. The number of benzene rings is 2. The maximum atomic E-state index is 13.0. The first-order valence-electron chi connectivity index (χ1n) is 9.49. The summed E-state index contributed by atoms with van der Waals surface area (Å²) in [5.74, 6) is 0.0759. The lowest BCUT2D eigenvalue weighted by Gasteiger charge is -2.37. The Kier molecular flexibility index (Phi) is 4.81. The second kappa shape index (κ2) is 7.42. The van der Waals surface area contributed by atoms with Crippen molar-refractivity contribution in [3.8, 4) is 5.69 Å². The van der Waals surface area contributed by atoms with Crippen molar-refractivity contribution in [3.63, 3.8) is 0 Å². The number of aryl methyl sites for hydroxylation is 2. The second-order valence-corrected chi connectivity index (χ2v) is 7.25. The van der Waals surface area contributed by atoms with Gasteiger partial charge in [0.15, 0.2) is 0 Å². The van der Waals surface area contributed by atoms with Crippen LogP contribution in [-0.4, -0.2) is 57.2 Å². The van der Waals surface area contributed by atoms with Crippen LogP contribution in [-0.2, 0) is 0 Å². The van der Waals surface area contributed by atoms with E-state index < -0.39 is 0 Å². The van der Waals surface area contributed by atoms with Crippen LogP contribution >= 0.6 is 0 Å². The molecule has 1 aliphatic heterocycles. The SMILES string of the molecule is Cc1cc(C(=O)N2CCN(c3cccc(C)c3C)CC2)ccc1-n1cnnn1. The number of tetrazole rings is 1. The van der Waals surface area contributed by atoms with Crippen LogP contribution in [0.3, 0.4) is 0 Å². The number of hydrogen-bond donors (Lipinski definition) is 0. The van der Waals surface area contributed by atoms with Gasteiger partial charge in [0.2, 0.25) is 0 Å². The number of amides is 1. The molecule has 1 amide bonds. The van der Waals surface area contributed by atoms with E-state index in [0.29, 0.717) is 5.56 Å². The van der Waals surface area contributed by atoms with Crippen molar-refractivity contribution in [1.82, 2.24) is 25.1 Å². The Morgan fingerprint density at radius 2 is 1.71 bits per heavy atom. The first-order chi connectivity index (χ1) is 13.5. The normalized spacial score (nSPS) is 14.4. The number of piperazine rings is 1. The fourth-order valence-corrected chi connectivity index (χ4v) is 3.73. The minimum atomic E-state index is 0.0759. The minimum Gasteiger partial charge on any atom is -0.368 e. The monoisotopic (exact) mass is 376 g/mol. The van der Waals surface area contributed by atoms with E-state index in [1.807, 2.05) is 30.0 Å². The van der Waals surface area contributed by atoms with Crippen LogP contribution in [0.25, 0.3) is 5.69 Å². The quantitative estimate of drug-likeness (QED) is 0.703. The molecule has 0 radical (unpaired) electrons. The molecule has 0 aliphatic carbocycles. The zero-order chi connectivity index (χ0) is 19.7. The Morgan fingerprint density at radius 1 is 0.929 bits per heavy atom. The highest BCUT2D eigenvalue weighted by Gasteiger charge is 2.23. The highest BCUT2D eigenvalue weighted by atomic mass is 16.2.